The van der Waals surface area contributed by atoms with E-state index >= 15 is 0 Å². The molecule has 1 N–H and O–H groups in total. The maximum Gasteiger partial charge on any atom is 0.413 e. The topological polar surface area (TPSA) is 84.9 Å². The van der Waals surface area contributed by atoms with Crippen LogP contribution in [0.5, 0.6) is 0 Å². The third-order valence-corrected chi connectivity index (χ3v) is 4.68. The highest BCUT2D eigenvalue weighted by Crippen LogP contribution is 2.47. The van der Waals surface area contributed by atoms with E-state index < -0.39 is 29.6 Å². The third-order valence-electron chi connectivity index (χ3n) is 4.68. The first-order valence-electron chi connectivity index (χ1n) is 8.89. The van der Waals surface area contributed by atoms with Crippen molar-refractivity contribution >= 4 is 18.0 Å². The van der Waals surface area contributed by atoms with Crippen LogP contribution < -0.4 is 5.32 Å². The van der Waals surface area contributed by atoms with Gasteiger partial charge in [-0.2, -0.15) is 0 Å². The van der Waals surface area contributed by atoms with Gasteiger partial charge in [-0.05, 0) is 60.3 Å². The van der Waals surface area contributed by atoms with Gasteiger partial charge in [0, 0.05) is 12.0 Å². The molecule has 2 amide bonds. The molecule has 2 aliphatic rings. The van der Waals surface area contributed by atoms with Crippen molar-refractivity contribution in [1.82, 2.24) is 10.2 Å². The van der Waals surface area contributed by atoms with Gasteiger partial charge in [0.2, 0.25) is 0 Å². The minimum Gasteiger partial charge on any atom is -0.444 e. The molecule has 1 aliphatic carbocycles. The number of cyclic esters (lactones) is 1. The summed E-state index contributed by atoms with van der Waals surface area (Å²) < 4.78 is 10.9. The lowest BCUT2D eigenvalue weighted by atomic mass is 9.94. The van der Waals surface area contributed by atoms with Crippen molar-refractivity contribution in [3.05, 3.63) is 0 Å². The van der Waals surface area contributed by atoms with E-state index in [1.165, 1.54) is 4.90 Å². The van der Waals surface area contributed by atoms with Gasteiger partial charge < -0.3 is 14.8 Å². The summed E-state index contributed by atoms with van der Waals surface area (Å²) >= 11 is 0. The summed E-state index contributed by atoms with van der Waals surface area (Å²) in [6.45, 7) is 10.9. The largest absolute Gasteiger partial charge is 0.444 e. The zero-order valence-corrected chi connectivity index (χ0v) is 16.1. The maximum atomic E-state index is 12.6. The molecule has 1 aliphatic heterocycles. The summed E-state index contributed by atoms with van der Waals surface area (Å²) in [6.07, 6.45) is 1.52. The average molecular weight is 354 g/mol. The Morgan fingerprint density at radius 3 is 2.36 bits per heavy atom. The van der Waals surface area contributed by atoms with Gasteiger partial charge in [-0.3, -0.25) is 9.69 Å². The van der Waals surface area contributed by atoms with E-state index in [2.05, 4.69) is 5.32 Å². The van der Waals surface area contributed by atoms with Crippen LogP contribution >= 0.6 is 0 Å². The fourth-order valence-corrected chi connectivity index (χ4v) is 2.93. The van der Waals surface area contributed by atoms with Crippen LogP contribution in [0, 0.1) is 5.41 Å². The second-order valence-corrected chi connectivity index (χ2v) is 8.73. The standard InChI is InChI=1S/C18H30N2O5/c1-16(2,3)25-15(23)20-11-7-8-12(13(21)18(6)9-10-18)19-14(22)24-17(20,4)5/h12H,7-11H2,1-6H3,(H,19,22)/t12-/m0/s1. The second-order valence-electron chi connectivity index (χ2n) is 8.73. The fourth-order valence-electron chi connectivity index (χ4n) is 2.93. The maximum absolute atomic E-state index is 12.6. The Labute approximate surface area is 149 Å². The predicted molar refractivity (Wildman–Crippen MR) is 92.0 cm³/mol. The van der Waals surface area contributed by atoms with Crippen molar-refractivity contribution in [3.63, 3.8) is 0 Å². The number of nitrogens with one attached hydrogen (secondary N) is 1. The molecule has 0 aromatic carbocycles. The molecule has 7 heteroatoms. The van der Waals surface area contributed by atoms with Crippen molar-refractivity contribution in [2.24, 2.45) is 5.41 Å². The number of Topliss-reactive ketones (excluding diaryl/α,β-unsaturated/α-hetero) is 1. The van der Waals surface area contributed by atoms with E-state index in [9.17, 15) is 14.4 Å². The Morgan fingerprint density at radius 2 is 1.84 bits per heavy atom. The van der Waals surface area contributed by atoms with E-state index in [1.54, 1.807) is 34.6 Å². The monoisotopic (exact) mass is 354 g/mol. The Hall–Kier alpha value is -1.79. The highest BCUT2D eigenvalue weighted by molar-refractivity contribution is 5.93. The number of hydrogen-bond acceptors (Lipinski definition) is 5. The van der Waals surface area contributed by atoms with Crippen molar-refractivity contribution in [2.75, 3.05) is 6.54 Å². The Morgan fingerprint density at radius 1 is 1.24 bits per heavy atom. The minimum absolute atomic E-state index is 0.0491. The van der Waals surface area contributed by atoms with Gasteiger partial charge in [-0.25, -0.2) is 9.59 Å². The van der Waals surface area contributed by atoms with Crippen LogP contribution in [-0.2, 0) is 14.3 Å². The first kappa shape index (κ1) is 19.5. The zero-order valence-electron chi connectivity index (χ0n) is 16.1. The van der Waals surface area contributed by atoms with Gasteiger partial charge in [-0.1, -0.05) is 6.92 Å². The molecule has 25 heavy (non-hydrogen) atoms. The molecule has 0 unspecified atom stereocenters. The van der Waals surface area contributed by atoms with Gasteiger partial charge in [0.05, 0.1) is 6.04 Å². The van der Waals surface area contributed by atoms with Gasteiger partial charge in [0.25, 0.3) is 0 Å². The van der Waals surface area contributed by atoms with Crippen molar-refractivity contribution in [2.45, 2.75) is 84.6 Å². The summed E-state index contributed by atoms with van der Waals surface area (Å²) in [6, 6.07) is -0.575. The molecular formula is C18H30N2O5. The molecule has 2 fully saturated rings. The number of alkyl carbamates (subject to hydrolysis) is 1. The summed E-state index contributed by atoms with van der Waals surface area (Å²) in [5.74, 6) is 0.0491. The predicted octanol–water partition coefficient (Wildman–Crippen LogP) is 3.22. The Bertz CT molecular complexity index is 560. The van der Waals surface area contributed by atoms with Gasteiger partial charge in [0.15, 0.2) is 11.5 Å². The lowest BCUT2D eigenvalue weighted by molar-refractivity contribution is -0.126. The first-order chi connectivity index (χ1) is 11.3. The van der Waals surface area contributed by atoms with Crippen LogP contribution in [-0.4, -0.2) is 46.8 Å². The van der Waals surface area contributed by atoms with Gasteiger partial charge >= 0.3 is 12.2 Å². The Balaban J connectivity index is 2.14. The SMILES string of the molecule is CC(C)(C)OC(=O)N1CCC[C@@H](C(=O)C2(C)CC2)NC(=O)OC1(C)C. The lowest BCUT2D eigenvalue weighted by Gasteiger charge is -2.37. The quantitative estimate of drug-likeness (QED) is 0.823. The number of ketones is 1. The first-order valence-corrected chi connectivity index (χ1v) is 8.89. The van der Waals surface area contributed by atoms with E-state index in [4.69, 9.17) is 9.47 Å². The highest BCUT2D eigenvalue weighted by Gasteiger charge is 2.48. The molecule has 142 valence electrons. The number of hydrogen-bond donors (Lipinski definition) is 1. The highest BCUT2D eigenvalue weighted by atomic mass is 16.6. The van der Waals surface area contributed by atoms with E-state index in [-0.39, 0.29) is 11.2 Å². The summed E-state index contributed by atoms with van der Waals surface area (Å²) in [5, 5.41) is 2.68. The number of nitrogens with zero attached hydrogens (tertiary/aromatic N) is 1. The number of amides is 2. The minimum atomic E-state index is -1.17. The number of rotatable bonds is 2. The summed E-state index contributed by atoms with van der Waals surface area (Å²) in [4.78, 5) is 38.8. The van der Waals surface area contributed by atoms with Gasteiger partial charge in [0.1, 0.15) is 5.60 Å². The van der Waals surface area contributed by atoms with E-state index in [1.807, 2.05) is 6.92 Å². The molecule has 2 rings (SSSR count). The van der Waals surface area contributed by atoms with Crippen molar-refractivity contribution in [3.8, 4) is 0 Å². The van der Waals surface area contributed by atoms with E-state index in [0.29, 0.717) is 19.4 Å². The molecule has 1 saturated carbocycles. The number of carbonyl (C=O) groups excluding carboxylic acids is 3. The van der Waals surface area contributed by atoms with Crippen LogP contribution in [0.15, 0.2) is 0 Å². The molecule has 0 spiro atoms. The number of ether oxygens (including phenoxy) is 2. The molecular weight excluding hydrogens is 324 g/mol. The molecule has 1 heterocycles. The second kappa shape index (κ2) is 6.50. The molecule has 0 bridgehead atoms. The zero-order chi connectivity index (χ0) is 19.0. The van der Waals surface area contributed by atoms with Crippen LogP contribution in [0.25, 0.3) is 0 Å². The smallest absolute Gasteiger partial charge is 0.413 e. The van der Waals surface area contributed by atoms with Crippen LogP contribution in [0.1, 0.15) is 67.2 Å². The lowest BCUT2D eigenvalue weighted by Crippen LogP contribution is -2.53. The normalized spacial score (nSPS) is 25.6. The average Bonchev–Trinajstić information content (AvgIpc) is 3.15. The fraction of sp³-hybridized carbons (Fsp3) is 0.833. The molecule has 0 radical (unpaired) electrons. The molecule has 0 aromatic heterocycles. The molecule has 7 nitrogen and oxygen atoms in total. The van der Waals surface area contributed by atoms with Gasteiger partial charge in [-0.15, -0.1) is 0 Å². The van der Waals surface area contributed by atoms with Crippen molar-refractivity contribution in [1.29, 1.82) is 0 Å². The van der Waals surface area contributed by atoms with Crippen molar-refractivity contribution < 1.29 is 23.9 Å². The van der Waals surface area contributed by atoms with E-state index in [0.717, 1.165) is 12.8 Å². The summed E-state index contributed by atoms with van der Waals surface area (Å²) in [7, 11) is 0. The van der Waals surface area contributed by atoms with Crippen LogP contribution in [0.4, 0.5) is 9.59 Å². The van der Waals surface area contributed by atoms with Crippen LogP contribution in [0.3, 0.4) is 0 Å². The Kier molecular flexibility index (Phi) is 5.08. The third kappa shape index (κ3) is 4.86. The molecule has 1 saturated heterocycles. The van der Waals surface area contributed by atoms with Crippen LogP contribution in [0.2, 0.25) is 0 Å². The summed E-state index contributed by atoms with van der Waals surface area (Å²) in [5.41, 5.74) is -2.15. The number of carbonyl (C=O) groups is 3. The molecule has 1 atom stereocenters. The molecule has 0 aromatic rings.